The Morgan fingerprint density at radius 3 is 2.20 bits per heavy atom. The lowest BCUT2D eigenvalue weighted by Gasteiger charge is -2.41. The highest BCUT2D eigenvalue weighted by Gasteiger charge is 2.40. The highest BCUT2D eigenvalue weighted by molar-refractivity contribution is 6.74. The molecule has 1 N–H and O–H groups in total. The molecule has 0 aromatic heterocycles. The Bertz CT molecular complexity index is 468. The van der Waals surface area contributed by atoms with Gasteiger partial charge in [-0.2, -0.15) is 0 Å². The highest BCUT2D eigenvalue weighted by Crippen LogP contribution is 2.38. The van der Waals surface area contributed by atoms with Gasteiger partial charge >= 0.3 is 0 Å². The van der Waals surface area contributed by atoms with Crippen molar-refractivity contribution in [1.29, 1.82) is 0 Å². The van der Waals surface area contributed by atoms with Gasteiger partial charge in [0, 0.05) is 0 Å². The maximum atomic E-state index is 9.94. The molecule has 0 heterocycles. The van der Waals surface area contributed by atoms with E-state index in [9.17, 15) is 5.11 Å². The third-order valence-electron chi connectivity index (χ3n) is 5.25. The Hall–Kier alpha value is -0.683. The van der Waals surface area contributed by atoms with E-state index in [0.717, 1.165) is 18.4 Å². The van der Waals surface area contributed by atoms with Gasteiger partial charge in [-0.05, 0) is 30.1 Å². The monoisotopic (exact) mass is 366 g/mol. The van der Waals surface area contributed by atoms with Gasteiger partial charge < -0.3 is 14.3 Å². The molecule has 0 aliphatic heterocycles. The fraction of sp³-hybridized carbons (Fsp3) is 0.714. The van der Waals surface area contributed by atoms with Crippen LogP contribution >= 0.6 is 0 Å². The molecule has 0 unspecified atom stereocenters. The molecule has 25 heavy (non-hydrogen) atoms. The van der Waals surface area contributed by atoms with E-state index in [0.29, 0.717) is 6.61 Å². The zero-order chi connectivity index (χ0) is 18.9. The van der Waals surface area contributed by atoms with E-state index in [1.165, 1.54) is 12.8 Å². The van der Waals surface area contributed by atoms with Gasteiger partial charge in [-0.3, -0.25) is 0 Å². The Balaban J connectivity index is 2.79. The number of aliphatic hydroxyl groups excluding tert-OH is 1. The van der Waals surface area contributed by atoms with Crippen LogP contribution in [0.2, 0.25) is 18.1 Å². The average Bonchev–Trinajstić information content (AvgIpc) is 2.55. The molecule has 0 spiro atoms. The molecule has 0 aliphatic rings. The third-order valence-corrected chi connectivity index (χ3v) is 9.75. The van der Waals surface area contributed by atoms with Crippen LogP contribution in [0.3, 0.4) is 0 Å². The first kappa shape index (κ1) is 22.4. The highest BCUT2D eigenvalue weighted by atomic mass is 28.4. The van der Waals surface area contributed by atoms with Crippen LogP contribution in [0.15, 0.2) is 30.3 Å². The normalized spacial score (nSPS) is 15.2. The summed E-state index contributed by atoms with van der Waals surface area (Å²) in [5.74, 6) is 0. The molecule has 0 saturated carbocycles. The number of rotatable bonds is 11. The van der Waals surface area contributed by atoms with Crippen molar-refractivity contribution in [2.45, 2.75) is 90.3 Å². The van der Waals surface area contributed by atoms with Crippen molar-refractivity contribution in [2.24, 2.45) is 0 Å². The quantitative estimate of drug-likeness (QED) is 0.413. The molecule has 0 saturated heterocycles. The van der Waals surface area contributed by atoms with Crippen molar-refractivity contribution >= 4 is 8.32 Å². The summed E-state index contributed by atoms with van der Waals surface area (Å²) in [4.78, 5) is 0. The van der Waals surface area contributed by atoms with Gasteiger partial charge in [-0.15, -0.1) is 0 Å². The smallest absolute Gasteiger partial charge is 0.192 e. The lowest BCUT2D eigenvalue weighted by Crippen LogP contribution is -2.48. The summed E-state index contributed by atoms with van der Waals surface area (Å²) >= 11 is 0. The number of benzene rings is 1. The standard InChI is InChI=1S/C21H38O3Si/c1-7-8-10-15-19(24-25(5,6)21(2,3)4)20(16-22)23-17-18-13-11-9-12-14-18/h9,11-14,19-20,22H,7-8,10,15-17H2,1-6H3/t19-,20-/m0/s1. The van der Waals surface area contributed by atoms with E-state index in [1.54, 1.807) is 0 Å². The second kappa shape index (κ2) is 10.5. The number of aliphatic hydroxyl groups is 1. The fourth-order valence-corrected chi connectivity index (χ4v) is 3.91. The average molecular weight is 367 g/mol. The second-order valence-electron chi connectivity index (χ2n) is 8.43. The molecule has 0 aliphatic carbocycles. The predicted molar refractivity (Wildman–Crippen MR) is 108 cm³/mol. The van der Waals surface area contributed by atoms with Crippen LogP contribution in [0.1, 0.15) is 58.9 Å². The maximum absolute atomic E-state index is 9.94. The first-order chi connectivity index (χ1) is 11.7. The van der Waals surface area contributed by atoms with Gasteiger partial charge in [0.15, 0.2) is 8.32 Å². The Labute approximate surface area is 155 Å². The Morgan fingerprint density at radius 2 is 1.68 bits per heavy atom. The Kier molecular flexibility index (Phi) is 9.36. The SMILES string of the molecule is CCCCC[C@H](O[Si](C)(C)C(C)(C)C)[C@H](CO)OCc1ccccc1. The van der Waals surface area contributed by atoms with Gasteiger partial charge in [0.2, 0.25) is 0 Å². The number of ether oxygens (including phenoxy) is 1. The van der Waals surface area contributed by atoms with Gasteiger partial charge in [-0.1, -0.05) is 77.3 Å². The van der Waals surface area contributed by atoms with Crippen LogP contribution in [0, 0.1) is 0 Å². The minimum Gasteiger partial charge on any atom is -0.411 e. The van der Waals surface area contributed by atoms with Gasteiger partial charge in [0.1, 0.15) is 6.10 Å². The summed E-state index contributed by atoms with van der Waals surface area (Å²) in [5.41, 5.74) is 1.13. The van der Waals surface area contributed by atoms with Crippen LogP contribution in [-0.4, -0.2) is 32.2 Å². The third kappa shape index (κ3) is 7.61. The van der Waals surface area contributed by atoms with Crippen LogP contribution in [0.25, 0.3) is 0 Å². The molecule has 0 amide bonds. The van der Waals surface area contributed by atoms with E-state index < -0.39 is 8.32 Å². The lowest BCUT2D eigenvalue weighted by atomic mass is 10.1. The van der Waals surface area contributed by atoms with E-state index >= 15 is 0 Å². The first-order valence-corrected chi connectivity index (χ1v) is 12.6. The molecule has 1 aromatic carbocycles. The summed E-state index contributed by atoms with van der Waals surface area (Å²) < 4.78 is 12.7. The molecule has 0 fully saturated rings. The van der Waals surface area contributed by atoms with Crippen molar-refractivity contribution in [3.8, 4) is 0 Å². The molecule has 4 heteroatoms. The maximum Gasteiger partial charge on any atom is 0.192 e. The van der Waals surface area contributed by atoms with Crippen molar-refractivity contribution in [1.82, 2.24) is 0 Å². The second-order valence-corrected chi connectivity index (χ2v) is 13.2. The molecule has 0 radical (unpaired) electrons. The summed E-state index contributed by atoms with van der Waals surface area (Å²) in [7, 11) is -1.91. The molecule has 144 valence electrons. The molecule has 3 nitrogen and oxygen atoms in total. The zero-order valence-electron chi connectivity index (χ0n) is 17.0. The lowest BCUT2D eigenvalue weighted by molar-refractivity contribution is -0.0684. The van der Waals surface area contributed by atoms with Crippen molar-refractivity contribution in [3.63, 3.8) is 0 Å². The summed E-state index contributed by atoms with van der Waals surface area (Å²) in [6, 6.07) is 10.1. The van der Waals surface area contributed by atoms with Crippen molar-refractivity contribution < 1.29 is 14.3 Å². The molecular formula is C21H38O3Si. The summed E-state index contributed by atoms with van der Waals surface area (Å²) in [6.07, 6.45) is 4.11. The molecule has 2 atom stereocenters. The van der Waals surface area contributed by atoms with E-state index in [1.807, 2.05) is 18.2 Å². The van der Waals surface area contributed by atoms with E-state index in [2.05, 4.69) is 52.9 Å². The zero-order valence-corrected chi connectivity index (χ0v) is 18.0. The predicted octanol–water partition coefficient (Wildman–Crippen LogP) is 5.53. The number of hydrogen-bond donors (Lipinski definition) is 1. The van der Waals surface area contributed by atoms with Gasteiger partial charge in [-0.25, -0.2) is 0 Å². The van der Waals surface area contributed by atoms with Crippen LogP contribution in [0.4, 0.5) is 0 Å². The molecule has 1 aromatic rings. The number of unbranched alkanes of at least 4 members (excludes halogenated alkanes) is 2. The van der Waals surface area contributed by atoms with E-state index in [-0.39, 0.29) is 23.9 Å². The van der Waals surface area contributed by atoms with Crippen LogP contribution < -0.4 is 0 Å². The van der Waals surface area contributed by atoms with Crippen molar-refractivity contribution in [2.75, 3.05) is 6.61 Å². The number of hydrogen-bond acceptors (Lipinski definition) is 3. The van der Waals surface area contributed by atoms with Crippen molar-refractivity contribution in [3.05, 3.63) is 35.9 Å². The fourth-order valence-electron chi connectivity index (χ4n) is 2.53. The van der Waals surface area contributed by atoms with Gasteiger partial charge in [0.25, 0.3) is 0 Å². The minimum atomic E-state index is -1.91. The minimum absolute atomic E-state index is 0.00174. The Morgan fingerprint density at radius 1 is 1.04 bits per heavy atom. The topological polar surface area (TPSA) is 38.7 Å². The molecule has 1 rings (SSSR count). The molecule has 0 bridgehead atoms. The summed E-state index contributed by atoms with van der Waals surface area (Å²) in [5, 5.41) is 10.1. The largest absolute Gasteiger partial charge is 0.411 e. The first-order valence-electron chi connectivity index (χ1n) is 9.65. The van der Waals surface area contributed by atoms with Gasteiger partial charge in [0.05, 0.1) is 19.3 Å². The summed E-state index contributed by atoms with van der Waals surface area (Å²) in [6.45, 7) is 14.0. The van der Waals surface area contributed by atoms with Crippen LogP contribution in [-0.2, 0) is 15.8 Å². The van der Waals surface area contributed by atoms with E-state index in [4.69, 9.17) is 9.16 Å². The molecular weight excluding hydrogens is 328 g/mol. The van der Waals surface area contributed by atoms with Crippen LogP contribution in [0.5, 0.6) is 0 Å².